The van der Waals surface area contributed by atoms with Crippen molar-refractivity contribution in [3.05, 3.63) is 66.2 Å². The molecule has 3 rings (SSSR count). The lowest BCUT2D eigenvalue weighted by atomic mass is 10.0. The molecular weight excluding hydrogens is 386 g/mol. The van der Waals surface area contributed by atoms with Crippen LogP contribution >= 0.6 is 0 Å². The van der Waals surface area contributed by atoms with Gasteiger partial charge in [-0.15, -0.1) is 5.10 Å². The van der Waals surface area contributed by atoms with Gasteiger partial charge in [0, 0.05) is 25.9 Å². The predicted molar refractivity (Wildman–Crippen MR) is 110 cm³/mol. The second-order valence-electron chi connectivity index (χ2n) is 6.23. The standard InChI is InChI=1S/C21H19N5O4/c1-26(2)21(28)30-18-5-4-11-22-17(18)13-23-20(27)19-16(10-12-24-25-19)14-6-8-15(29-3)9-7-14/h4-13H,1-3H3/b23-13-. The van der Waals surface area contributed by atoms with Crippen molar-refractivity contribution in [1.82, 2.24) is 20.1 Å². The Morgan fingerprint density at radius 1 is 1.07 bits per heavy atom. The Bertz CT molecular complexity index is 1080. The first-order valence-electron chi connectivity index (χ1n) is 8.88. The van der Waals surface area contributed by atoms with Gasteiger partial charge in [0.2, 0.25) is 0 Å². The third kappa shape index (κ3) is 4.82. The van der Waals surface area contributed by atoms with Gasteiger partial charge in [-0.3, -0.25) is 9.78 Å². The maximum absolute atomic E-state index is 12.7. The van der Waals surface area contributed by atoms with E-state index in [0.717, 1.165) is 5.56 Å². The van der Waals surface area contributed by atoms with Gasteiger partial charge in [-0.1, -0.05) is 12.1 Å². The molecule has 152 valence electrons. The molecule has 9 heteroatoms. The van der Waals surface area contributed by atoms with Crippen LogP contribution < -0.4 is 9.47 Å². The molecular formula is C21H19N5O4. The fourth-order valence-corrected chi connectivity index (χ4v) is 2.45. The van der Waals surface area contributed by atoms with Gasteiger partial charge in [0.1, 0.15) is 11.4 Å². The van der Waals surface area contributed by atoms with E-state index in [1.54, 1.807) is 51.5 Å². The van der Waals surface area contributed by atoms with Gasteiger partial charge in [0.15, 0.2) is 11.4 Å². The van der Waals surface area contributed by atoms with Crippen LogP contribution in [0, 0.1) is 0 Å². The molecule has 0 bridgehead atoms. The Kier molecular flexibility index (Phi) is 6.43. The van der Waals surface area contributed by atoms with Crippen LogP contribution in [-0.4, -0.2) is 59.5 Å². The smallest absolute Gasteiger partial charge is 0.414 e. The summed E-state index contributed by atoms with van der Waals surface area (Å²) in [5.41, 5.74) is 1.66. The molecule has 3 aromatic rings. The fourth-order valence-electron chi connectivity index (χ4n) is 2.45. The largest absolute Gasteiger partial charge is 0.497 e. The number of rotatable bonds is 5. The van der Waals surface area contributed by atoms with Gasteiger partial charge < -0.3 is 14.4 Å². The van der Waals surface area contributed by atoms with Crippen LogP contribution in [0.4, 0.5) is 4.79 Å². The van der Waals surface area contributed by atoms with Crippen molar-refractivity contribution < 1.29 is 19.1 Å². The lowest BCUT2D eigenvalue weighted by molar-refractivity contribution is 0.0998. The average Bonchev–Trinajstić information content (AvgIpc) is 2.78. The number of benzene rings is 1. The lowest BCUT2D eigenvalue weighted by Crippen LogP contribution is -2.25. The molecule has 2 aromatic heterocycles. The summed E-state index contributed by atoms with van der Waals surface area (Å²) < 4.78 is 10.4. The first-order valence-corrected chi connectivity index (χ1v) is 8.88. The molecule has 0 saturated heterocycles. The van der Waals surface area contributed by atoms with E-state index in [9.17, 15) is 9.59 Å². The summed E-state index contributed by atoms with van der Waals surface area (Å²) in [4.78, 5) is 33.8. The number of ether oxygens (including phenoxy) is 2. The molecule has 0 fully saturated rings. The number of hydrogen-bond donors (Lipinski definition) is 0. The maximum atomic E-state index is 12.7. The summed E-state index contributed by atoms with van der Waals surface area (Å²) in [6.07, 6.45) is 3.66. The van der Waals surface area contributed by atoms with Gasteiger partial charge in [-0.25, -0.2) is 9.79 Å². The van der Waals surface area contributed by atoms with Crippen LogP contribution in [0.15, 0.2) is 59.9 Å². The van der Waals surface area contributed by atoms with Crippen molar-refractivity contribution in [1.29, 1.82) is 0 Å². The van der Waals surface area contributed by atoms with Gasteiger partial charge >= 0.3 is 6.09 Å². The molecule has 0 aliphatic carbocycles. The summed E-state index contributed by atoms with van der Waals surface area (Å²) in [5.74, 6) is 0.272. The molecule has 0 radical (unpaired) electrons. The minimum Gasteiger partial charge on any atom is -0.497 e. The van der Waals surface area contributed by atoms with Gasteiger partial charge in [0.05, 0.1) is 19.5 Å². The van der Waals surface area contributed by atoms with E-state index < -0.39 is 12.0 Å². The third-order valence-corrected chi connectivity index (χ3v) is 3.99. The van der Waals surface area contributed by atoms with Crippen LogP contribution in [0.5, 0.6) is 11.5 Å². The van der Waals surface area contributed by atoms with E-state index in [0.29, 0.717) is 11.3 Å². The highest BCUT2D eigenvalue weighted by molar-refractivity contribution is 6.04. The average molecular weight is 405 g/mol. The molecule has 0 aliphatic rings. The molecule has 30 heavy (non-hydrogen) atoms. The molecule has 2 amide bonds. The Morgan fingerprint density at radius 3 is 2.53 bits per heavy atom. The number of methoxy groups -OCH3 is 1. The van der Waals surface area contributed by atoms with Crippen LogP contribution in [-0.2, 0) is 0 Å². The van der Waals surface area contributed by atoms with E-state index >= 15 is 0 Å². The van der Waals surface area contributed by atoms with Gasteiger partial charge in [0.25, 0.3) is 5.91 Å². The Morgan fingerprint density at radius 2 is 1.83 bits per heavy atom. The van der Waals surface area contributed by atoms with Gasteiger partial charge in [-0.2, -0.15) is 5.10 Å². The SMILES string of the molecule is COc1ccc(-c2ccnnc2C(=O)/N=C\c2ncccc2OC(=O)N(C)C)cc1. The van der Waals surface area contributed by atoms with Crippen LogP contribution in [0.25, 0.3) is 11.1 Å². The first-order chi connectivity index (χ1) is 14.5. The molecule has 0 aliphatic heterocycles. The third-order valence-electron chi connectivity index (χ3n) is 3.99. The monoisotopic (exact) mass is 405 g/mol. The minimum absolute atomic E-state index is 0.0849. The zero-order valence-corrected chi connectivity index (χ0v) is 16.6. The highest BCUT2D eigenvalue weighted by atomic mass is 16.6. The van der Waals surface area contributed by atoms with Crippen molar-refractivity contribution in [3.63, 3.8) is 0 Å². The number of aromatic nitrogens is 3. The Hall–Kier alpha value is -4.14. The molecule has 0 N–H and O–H groups in total. The van der Waals surface area contributed by atoms with Gasteiger partial charge in [-0.05, 0) is 35.9 Å². The number of amides is 2. The topological polar surface area (TPSA) is 107 Å². The van der Waals surface area contributed by atoms with E-state index in [4.69, 9.17) is 9.47 Å². The van der Waals surface area contributed by atoms with Crippen LogP contribution in [0.2, 0.25) is 0 Å². The number of carbonyl (C=O) groups excluding carboxylic acids is 2. The fraction of sp³-hybridized carbons (Fsp3) is 0.143. The number of aliphatic imine (C=N–C) groups is 1. The normalized spacial score (nSPS) is 10.6. The summed E-state index contributed by atoms with van der Waals surface area (Å²) in [5, 5.41) is 7.74. The van der Waals surface area contributed by atoms with E-state index in [-0.39, 0.29) is 17.1 Å². The predicted octanol–water partition coefficient (Wildman–Crippen LogP) is 2.87. The Balaban J connectivity index is 1.87. The number of pyridine rings is 1. The van der Waals surface area contributed by atoms with Crippen molar-refractivity contribution >= 4 is 18.2 Å². The zero-order valence-electron chi connectivity index (χ0n) is 16.6. The van der Waals surface area contributed by atoms with Crippen LogP contribution in [0.1, 0.15) is 16.2 Å². The van der Waals surface area contributed by atoms with Crippen LogP contribution in [0.3, 0.4) is 0 Å². The summed E-state index contributed by atoms with van der Waals surface area (Å²) in [6.45, 7) is 0. The molecule has 2 heterocycles. The highest BCUT2D eigenvalue weighted by Crippen LogP contribution is 2.24. The number of carbonyl (C=O) groups is 2. The van der Waals surface area contributed by atoms with E-state index in [1.807, 2.05) is 12.1 Å². The number of nitrogens with zero attached hydrogens (tertiary/aromatic N) is 5. The first kappa shape index (κ1) is 20.6. The molecule has 0 unspecified atom stereocenters. The Labute approximate surface area is 173 Å². The van der Waals surface area contributed by atoms with Crippen molar-refractivity contribution in [2.45, 2.75) is 0 Å². The summed E-state index contributed by atoms with van der Waals surface area (Å²) >= 11 is 0. The van der Waals surface area contributed by atoms with E-state index in [2.05, 4.69) is 20.2 Å². The van der Waals surface area contributed by atoms with Crippen molar-refractivity contribution in [3.8, 4) is 22.6 Å². The quantitative estimate of drug-likeness (QED) is 0.601. The molecule has 0 spiro atoms. The molecule has 1 aromatic carbocycles. The number of hydrogen-bond acceptors (Lipinski definition) is 7. The summed E-state index contributed by atoms with van der Waals surface area (Å²) in [6, 6.07) is 12.1. The maximum Gasteiger partial charge on any atom is 0.414 e. The van der Waals surface area contributed by atoms with Crippen molar-refractivity contribution in [2.24, 2.45) is 4.99 Å². The molecule has 0 saturated carbocycles. The summed E-state index contributed by atoms with van der Waals surface area (Å²) in [7, 11) is 4.70. The molecule has 0 atom stereocenters. The second kappa shape index (κ2) is 9.37. The molecule has 9 nitrogen and oxygen atoms in total. The minimum atomic E-state index is -0.607. The second-order valence-corrected chi connectivity index (χ2v) is 6.23. The zero-order chi connectivity index (χ0) is 21.5. The van der Waals surface area contributed by atoms with Crippen molar-refractivity contribution in [2.75, 3.05) is 21.2 Å². The lowest BCUT2D eigenvalue weighted by Gasteiger charge is -2.11. The van der Waals surface area contributed by atoms with E-state index in [1.165, 1.54) is 23.5 Å². The highest BCUT2D eigenvalue weighted by Gasteiger charge is 2.15.